The van der Waals surface area contributed by atoms with Crippen LogP contribution in [0.3, 0.4) is 0 Å². The van der Waals surface area contributed by atoms with Crippen molar-refractivity contribution in [2.75, 3.05) is 41.1 Å². The lowest BCUT2D eigenvalue weighted by Crippen LogP contribution is -1.94. The maximum Gasteiger partial charge on any atom is 0.0431 e. The van der Waals surface area contributed by atoms with Crippen molar-refractivity contribution in [3.8, 4) is 0 Å². The largest absolute Gasteiger partial charge is 0.396 e. The molecule has 0 radical (unpaired) electrons. The minimum Gasteiger partial charge on any atom is -0.396 e. The maximum absolute atomic E-state index is 9.36. The highest BCUT2D eigenvalue weighted by molar-refractivity contribution is 8.03. The van der Waals surface area contributed by atoms with Gasteiger partial charge < -0.3 is 5.11 Å². The Bertz CT molecular complexity index is 2530. The molecule has 0 saturated heterocycles. The number of thioether (sulfide) groups is 6. The van der Waals surface area contributed by atoms with E-state index in [0.717, 1.165) is 6.42 Å². The third-order valence-electron chi connectivity index (χ3n) is 25.5. The molecule has 0 bridgehead atoms. The fourth-order valence-electron chi connectivity index (χ4n) is 17.7. The van der Waals surface area contributed by atoms with Gasteiger partial charge >= 0.3 is 0 Å². The Morgan fingerprint density at radius 3 is 0.336 bits per heavy atom. The highest BCUT2D eigenvalue weighted by Gasteiger charge is 2.20. The number of aliphatic hydroxyl groups excluding tert-OH is 1. The van der Waals surface area contributed by atoms with Crippen LogP contribution in [0.2, 0.25) is 0 Å². The number of benzene rings is 4. The Labute approximate surface area is 750 Å². The van der Waals surface area contributed by atoms with Crippen molar-refractivity contribution in [1.29, 1.82) is 0 Å². The lowest BCUT2D eigenvalue weighted by atomic mass is 9.94. The molecule has 0 aliphatic rings. The Balaban J connectivity index is 1.72. The standard InChI is InChI=1S/C109H194OS6/c1-6-11-16-21-26-31-36-41-46-51-58-65-72-79-86-111-104-92-98-99-93-105(112-87-80-73-66-59-52-47-42-37-32-27-22-17-12-7-2)107(114-89-82-75-68-61-54-49-44-39-34-29-24-19-14-9-4)95-101(99)103-97-109(116-91-84-77-70-63-56-57-64-71-78-85-110)108(115-90-83-76-69-62-55-50-45-40-35-30-25-20-15-10-5)96-102(103)100(98)94-106(104)113-88-81-74-67-60-53-48-43-38-33-28-23-18-13-8-3/h92-97,110H,6-91H2,1-5H3. The van der Waals surface area contributed by atoms with Gasteiger partial charge in [-0.15, -0.1) is 70.6 Å². The average molecular weight is 1710 g/mol. The average Bonchev–Trinajstić information content (AvgIpc) is 0.726. The van der Waals surface area contributed by atoms with Crippen LogP contribution in [-0.2, 0) is 0 Å². The molecule has 1 nitrogen and oxygen atoms in total. The fraction of sp³-hybridized carbons (Fsp3) is 0.835. The number of unbranched alkanes of at least 4 members (excludes halogenated alkanes) is 73. The van der Waals surface area contributed by atoms with E-state index in [-0.39, 0.29) is 0 Å². The van der Waals surface area contributed by atoms with Crippen molar-refractivity contribution in [2.24, 2.45) is 0 Å². The summed E-state index contributed by atoms with van der Waals surface area (Å²) in [6.07, 6.45) is 111. The van der Waals surface area contributed by atoms with E-state index in [2.05, 4.69) is 142 Å². The SMILES string of the molecule is CCCCCCCCCCCCCCCCSc1cc2c(cc1SCCCCCCCCCCCO)c1cc(SCCCCCCCCCCCCCCCC)c(SCCCCCCCCCCCCCCCC)cc1c1cc(SCCCCCCCCCCCCCCCC)c(SCCCCCCCCCCCCCCCC)cc21. The highest BCUT2D eigenvalue weighted by atomic mass is 32.2. The van der Waals surface area contributed by atoms with Crippen molar-refractivity contribution in [1.82, 2.24) is 0 Å². The van der Waals surface area contributed by atoms with Gasteiger partial charge in [0.05, 0.1) is 0 Å². The molecule has 0 atom stereocenters. The summed E-state index contributed by atoms with van der Waals surface area (Å²) in [4.78, 5) is 9.37. The third kappa shape index (κ3) is 58.1. The molecule has 1 N–H and O–H groups in total. The van der Waals surface area contributed by atoms with Crippen LogP contribution in [0.15, 0.2) is 65.8 Å². The quantitative estimate of drug-likeness (QED) is 0.0267. The monoisotopic (exact) mass is 1710 g/mol. The second kappa shape index (κ2) is 83.0. The molecular weight excluding hydrogens is 1520 g/mol. The first kappa shape index (κ1) is 108. The van der Waals surface area contributed by atoms with E-state index in [1.165, 1.54) is 568 Å². The van der Waals surface area contributed by atoms with Gasteiger partial charge in [0.25, 0.3) is 0 Å². The van der Waals surface area contributed by atoms with Gasteiger partial charge in [0.1, 0.15) is 0 Å². The summed E-state index contributed by atoms with van der Waals surface area (Å²) < 4.78 is 0. The lowest BCUT2D eigenvalue weighted by molar-refractivity contribution is 0.282. The summed E-state index contributed by atoms with van der Waals surface area (Å²) in [6.45, 7) is 12.0. The minimum atomic E-state index is 0.347. The van der Waals surface area contributed by atoms with E-state index in [4.69, 9.17) is 0 Å². The minimum absolute atomic E-state index is 0.347. The Morgan fingerprint density at radius 2 is 0.233 bits per heavy atom. The maximum atomic E-state index is 9.36. The molecular formula is C109H194OS6. The molecule has 0 unspecified atom stereocenters. The Morgan fingerprint density at radius 1 is 0.138 bits per heavy atom. The first-order valence-electron chi connectivity index (χ1n) is 52.5. The van der Waals surface area contributed by atoms with Gasteiger partial charge in [0.2, 0.25) is 0 Å². The van der Waals surface area contributed by atoms with Crippen molar-refractivity contribution in [3.05, 3.63) is 36.4 Å². The summed E-state index contributed by atoms with van der Waals surface area (Å²) in [5.74, 6) is 7.35. The number of hydrogen-bond donors (Lipinski definition) is 1. The second-order valence-electron chi connectivity index (χ2n) is 36.5. The van der Waals surface area contributed by atoms with Crippen molar-refractivity contribution in [3.63, 3.8) is 0 Å². The highest BCUT2D eigenvalue weighted by Crippen LogP contribution is 2.48. The molecule has 0 aliphatic heterocycles. The number of aliphatic hydroxyl groups is 1. The molecule has 4 aromatic carbocycles. The molecule has 4 aromatic rings. The van der Waals surface area contributed by atoms with Gasteiger partial charge in [-0.25, -0.2) is 0 Å². The number of hydrogen-bond acceptors (Lipinski definition) is 7. The smallest absolute Gasteiger partial charge is 0.0431 e. The van der Waals surface area contributed by atoms with Gasteiger partial charge in [-0.05, 0) is 148 Å². The van der Waals surface area contributed by atoms with Crippen molar-refractivity contribution < 1.29 is 5.11 Å². The second-order valence-corrected chi connectivity index (χ2v) is 43.3. The molecule has 672 valence electrons. The molecule has 0 aromatic heterocycles. The molecule has 116 heavy (non-hydrogen) atoms. The van der Waals surface area contributed by atoms with Crippen LogP contribution in [0.5, 0.6) is 0 Å². The van der Waals surface area contributed by atoms with Crippen LogP contribution in [0, 0.1) is 0 Å². The molecule has 0 heterocycles. The Hall–Kier alpha value is -0.280. The summed E-state index contributed by atoms with van der Waals surface area (Å²) in [5.41, 5.74) is 0. The lowest BCUT2D eigenvalue weighted by Gasteiger charge is -2.20. The number of fused-ring (bicyclic) bond motifs is 6. The van der Waals surface area contributed by atoms with Gasteiger partial charge in [0.15, 0.2) is 0 Å². The third-order valence-corrected chi connectivity index (χ3v) is 32.7. The van der Waals surface area contributed by atoms with Crippen molar-refractivity contribution in [2.45, 2.75) is 571 Å². The summed E-state index contributed by atoms with van der Waals surface area (Å²) >= 11 is 13.3. The summed E-state index contributed by atoms with van der Waals surface area (Å²) in [6, 6.07) is 16.7. The summed E-state index contributed by atoms with van der Waals surface area (Å²) in [5, 5.41) is 18.5. The van der Waals surface area contributed by atoms with Crippen LogP contribution in [0.1, 0.15) is 542 Å². The van der Waals surface area contributed by atoms with Crippen LogP contribution in [0.4, 0.5) is 0 Å². The van der Waals surface area contributed by atoms with E-state index < -0.39 is 0 Å². The molecule has 0 fully saturated rings. The topological polar surface area (TPSA) is 20.2 Å². The van der Waals surface area contributed by atoms with Gasteiger partial charge in [-0.1, -0.05) is 497 Å². The van der Waals surface area contributed by atoms with Crippen LogP contribution >= 0.6 is 70.6 Å². The molecule has 0 aliphatic carbocycles. The first-order valence-corrected chi connectivity index (χ1v) is 58.4. The zero-order valence-corrected chi connectivity index (χ0v) is 83.1. The fourth-order valence-corrected chi connectivity index (χ4v) is 24.6. The van der Waals surface area contributed by atoms with Gasteiger partial charge in [-0.2, -0.15) is 0 Å². The van der Waals surface area contributed by atoms with Crippen LogP contribution in [0.25, 0.3) is 32.3 Å². The van der Waals surface area contributed by atoms with Crippen LogP contribution < -0.4 is 0 Å². The molecule has 7 heteroatoms. The predicted octanol–water partition coefficient (Wildman–Crippen LogP) is 41.6. The van der Waals surface area contributed by atoms with E-state index in [1.54, 1.807) is 29.4 Å². The van der Waals surface area contributed by atoms with E-state index in [0.29, 0.717) is 6.61 Å². The predicted molar refractivity (Wildman–Crippen MR) is 544 cm³/mol. The van der Waals surface area contributed by atoms with E-state index in [9.17, 15) is 5.11 Å². The number of rotatable bonds is 92. The van der Waals surface area contributed by atoms with Crippen molar-refractivity contribution >= 4 is 103 Å². The van der Waals surface area contributed by atoms with E-state index in [1.807, 2.05) is 0 Å². The molecule has 0 saturated carbocycles. The molecule has 4 rings (SSSR count). The zero-order chi connectivity index (χ0) is 82.2. The van der Waals surface area contributed by atoms with E-state index >= 15 is 0 Å². The Kier molecular flexibility index (Phi) is 77.3. The van der Waals surface area contributed by atoms with Crippen LogP contribution in [-0.4, -0.2) is 46.2 Å². The van der Waals surface area contributed by atoms with Gasteiger partial charge in [0, 0.05) is 36.0 Å². The zero-order valence-electron chi connectivity index (χ0n) is 78.2. The summed E-state index contributed by atoms with van der Waals surface area (Å²) in [7, 11) is 0. The van der Waals surface area contributed by atoms with Gasteiger partial charge in [-0.3, -0.25) is 0 Å². The first-order chi connectivity index (χ1) is 57.6. The molecule has 0 spiro atoms. The normalized spacial score (nSPS) is 11.9. The molecule has 0 amide bonds.